The molecular formula is C14H17NO3. The molecule has 0 spiro atoms. The van der Waals surface area contributed by atoms with Crippen LogP contribution in [0.4, 0.5) is 0 Å². The number of aromatic nitrogens is 1. The Labute approximate surface area is 106 Å². The molecular weight excluding hydrogens is 230 g/mol. The third kappa shape index (κ3) is 4.33. The predicted molar refractivity (Wildman–Crippen MR) is 71.7 cm³/mol. The van der Waals surface area contributed by atoms with Crippen molar-refractivity contribution in [3.63, 3.8) is 0 Å². The second-order valence-electron chi connectivity index (χ2n) is 3.38. The average molecular weight is 247 g/mol. The summed E-state index contributed by atoms with van der Waals surface area (Å²) in [6.45, 7) is 6.81. The van der Waals surface area contributed by atoms with Crippen LogP contribution in [0.15, 0.2) is 43.1 Å². The van der Waals surface area contributed by atoms with E-state index < -0.39 is 0 Å². The Hall–Kier alpha value is -2.23. The van der Waals surface area contributed by atoms with Crippen molar-refractivity contribution in [2.75, 3.05) is 13.2 Å². The van der Waals surface area contributed by atoms with Gasteiger partial charge in [0.25, 0.3) is 6.47 Å². The van der Waals surface area contributed by atoms with E-state index in [4.69, 9.17) is 4.74 Å². The van der Waals surface area contributed by atoms with Gasteiger partial charge in [0.15, 0.2) is 0 Å². The van der Waals surface area contributed by atoms with Gasteiger partial charge in [0.1, 0.15) is 12.4 Å². The molecule has 0 bridgehead atoms. The monoisotopic (exact) mass is 247 g/mol. The van der Waals surface area contributed by atoms with Crippen LogP contribution in [0.2, 0.25) is 0 Å². The van der Waals surface area contributed by atoms with Gasteiger partial charge in [-0.3, -0.25) is 4.79 Å². The van der Waals surface area contributed by atoms with Crippen molar-refractivity contribution in [3.8, 4) is 5.75 Å². The smallest absolute Gasteiger partial charge is 0.293 e. The number of fused-ring (bicyclic) bond motifs is 1. The molecule has 0 fully saturated rings. The van der Waals surface area contributed by atoms with Gasteiger partial charge in [0.05, 0.1) is 6.61 Å². The lowest BCUT2D eigenvalue weighted by Gasteiger charge is -2.01. The predicted octanol–water partition coefficient (Wildman–Crippen LogP) is 2.91. The molecule has 1 aromatic carbocycles. The number of aromatic amines is 1. The Kier molecular flexibility index (Phi) is 6.11. The summed E-state index contributed by atoms with van der Waals surface area (Å²) in [7, 11) is 0. The fourth-order valence-corrected chi connectivity index (χ4v) is 1.34. The highest BCUT2D eigenvalue weighted by atomic mass is 16.5. The Morgan fingerprint density at radius 3 is 2.83 bits per heavy atom. The third-order valence-corrected chi connectivity index (χ3v) is 2.13. The van der Waals surface area contributed by atoms with Crippen LogP contribution in [-0.4, -0.2) is 24.7 Å². The first-order chi connectivity index (χ1) is 8.81. The first kappa shape index (κ1) is 13.8. The van der Waals surface area contributed by atoms with E-state index in [1.54, 1.807) is 13.0 Å². The van der Waals surface area contributed by atoms with Crippen LogP contribution in [0.1, 0.15) is 6.92 Å². The first-order valence-electron chi connectivity index (χ1n) is 5.68. The number of carbonyl (C=O) groups excluding carboxylic acids is 1. The summed E-state index contributed by atoms with van der Waals surface area (Å²) in [4.78, 5) is 12.3. The van der Waals surface area contributed by atoms with Crippen molar-refractivity contribution in [1.29, 1.82) is 0 Å². The fourth-order valence-electron chi connectivity index (χ4n) is 1.34. The topological polar surface area (TPSA) is 51.3 Å². The summed E-state index contributed by atoms with van der Waals surface area (Å²) >= 11 is 0. The summed E-state index contributed by atoms with van der Waals surface area (Å²) < 4.78 is 9.55. The van der Waals surface area contributed by atoms with Crippen LogP contribution in [0, 0.1) is 0 Å². The number of benzene rings is 1. The summed E-state index contributed by atoms with van der Waals surface area (Å²) in [5.74, 6) is 0.881. The number of H-pyrrole nitrogens is 1. The van der Waals surface area contributed by atoms with Crippen LogP contribution in [0.3, 0.4) is 0 Å². The summed E-state index contributed by atoms with van der Waals surface area (Å²) in [6, 6.07) is 7.99. The van der Waals surface area contributed by atoms with E-state index >= 15 is 0 Å². The maximum absolute atomic E-state index is 9.18. The highest BCUT2D eigenvalue weighted by Crippen LogP contribution is 2.19. The lowest BCUT2D eigenvalue weighted by Crippen LogP contribution is -1.91. The van der Waals surface area contributed by atoms with Gasteiger partial charge < -0.3 is 14.5 Å². The van der Waals surface area contributed by atoms with Crippen LogP contribution in [0.25, 0.3) is 10.9 Å². The summed E-state index contributed by atoms with van der Waals surface area (Å²) in [6.07, 6.45) is 3.66. The van der Waals surface area contributed by atoms with E-state index in [9.17, 15) is 4.79 Å². The number of nitrogens with one attached hydrogen (secondary N) is 1. The second-order valence-corrected chi connectivity index (χ2v) is 3.38. The van der Waals surface area contributed by atoms with E-state index in [0.29, 0.717) is 19.7 Å². The number of hydrogen-bond donors (Lipinski definition) is 1. The molecule has 0 saturated carbocycles. The Bertz CT molecular complexity index is 490. The molecule has 1 N–H and O–H groups in total. The summed E-state index contributed by atoms with van der Waals surface area (Å²) in [5.41, 5.74) is 1.13. The van der Waals surface area contributed by atoms with E-state index in [1.807, 2.05) is 30.5 Å². The minimum atomic E-state index is 0.431. The third-order valence-electron chi connectivity index (χ3n) is 2.13. The molecule has 0 aliphatic carbocycles. The normalized spacial score (nSPS) is 9.17. The van der Waals surface area contributed by atoms with Gasteiger partial charge in [-0.15, -0.1) is 0 Å². The lowest BCUT2D eigenvalue weighted by molar-refractivity contribution is -0.128. The van der Waals surface area contributed by atoms with Gasteiger partial charge in [-0.2, -0.15) is 0 Å². The van der Waals surface area contributed by atoms with Gasteiger partial charge in [-0.1, -0.05) is 12.7 Å². The molecule has 2 rings (SSSR count). The molecule has 0 aliphatic rings. The van der Waals surface area contributed by atoms with E-state index in [1.165, 1.54) is 5.39 Å². The number of hydrogen-bond acceptors (Lipinski definition) is 3. The number of carbonyl (C=O) groups is 1. The number of rotatable bonds is 5. The highest BCUT2D eigenvalue weighted by molar-refractivity contribution is 5.80. The van der Waals surface area contributed by atoms with Gasteiger partial charge in [0, 0.05) is 17.1 Å². The minimum absolute atomic E-state index is 0.431. The molecule has 0 radical (unpaired) electrons. The van der Waals surface area contributed by atoms with Gasteiger partial charge in [0.2, 0.25) is 0 Å². The Morgan fingerprint density at radius 2 is 2.22 bits per heavy atom. The van der Waals surface area contributed by atoms with Crippen LogP contribution in [-0.2, 0) is 9.53 Å². The van der Waals surface area contributed by atoms with Crippen molar-refractivity contribution >= 4 is 17.4 Å². The molecule has 4 heteroatoms. The van der Waals surface area contributed by atoms with Crippen molar-refractivity contribution in [2.45, 2.75) is 6.92 Å². The van der Waals surface area contributed by atoms with Crippen molar-refractivity contribution in [1.82, 2.24) is 4.98 Å². The molecule has 1 heterocycles. The molecule has 0 atom stereocenters. The van der Waals surface area contributed by atoms with Crippen LogP contribution in [0.5, 0.6) is 5.75 Å². The maximum atomic E-state index is 9.18. The Balaban J connectivity index is 0.000000280. The SMILES string of the molecule is C=CCOc1ccc2[nH]ccc2c1.CCOC=O. The minimum Gasteiger partial charge on any atom is -0.490 e. The number of ether oxygens (including phenoxy) is 2. The highest BCUT2D eigenvalue weighted by Gasteiger charge is 1.96. The van der Waals surface area contributed by atoms with Gasteiger partial charge in [-0.05, 0) is 31.2 Å². The Morgan fingerprint density at radius 1 is 1.39 bits per heavy atom. The van der Waals surface area contributed by atoms with Gasteiger partial charge >= 0.3 is 0 Å². The fraction of sp³-hybridized carbons (Fsp3) is 0.214. The molecule has 96 valence electrons. The zero-order valence-electron chi connectivity index (χ0n) is 10.4. The molecule has 0 unspecified atom stereocenters. The average Bonchev–Trinajstić information content (AvgIpc) is 2.85. The molecule has 0 amide bonds. The van der Waals surface area contributed by atoms with Crippen molar-refractivity contribution in [2.24, 2.45) is 0 Å². The molecule has 0 saturated heterocycles. The molecule has 2 aromatic rings. The molecule has 18 heavy (non-hydrogen) atoms. The molecule has 0 aliphatic heterocycles. The van der Waals surface area contributed by atoms with Crippen LogP contribution < -0.4 is 4.74 Å². The standard InChI is InChI=1S/C11H11NO.C3H6O2/c1-2-7-13-10-3-4-11-9(8-10)5-6-12-11;1-2-5-3-4/h2-6,8,12H,1,7H2;3H,2H2,1H3. The quantitative estimate of drug-likeness (QED) is 0.653. The van der Waals surface area contributed by atoms with E-state index in [2.05, 4.69) is 16.3 Å². The van der Waals surface area contributed by atoms with Gasteiger partial charge in [-0.25, -0.2) is 0 Å². The van der Waals surface area contributed by atoms with E-state index in [0.717, 1.165) is 11.3 Å². The second kappa shape index (κ2) is 7.95. The zero-order chi connectivity index (χ0) is 13.2. The lowest BCUT2D eigenvalue weighted by atomic mass is 10.2. The first-order valence-corrected chi connectivity index (χ1v) is 5.68. The maximum Gasteiger partial charge on any atom is 0.293 e. The van der Waals surface area contributed by atoms with E-state index in [-0.39, 0.29) is 0 Å². The molecule has 1 aromatic heterocycles. The van der Waals surface area contributed by atoms with Crippen molar-refractivity contribution in [3.05, 3.63) is 43.1 Å². The van der Waals surface area contributed by atoms with Crippen molar-refractivity contribution < 1.29 is 14.3 Å². The zero-order valence-corrected chi connectivity index (χ0v) is 10.4. The van der Waals surface area contributed by atoms with Crippen LogP contribution >= 0.6 is 0 Å². The summed E-state index contributed by atoms with van der Waals surface area (Å²) in [5, 5.41) is 1.17. The molecule has 4 nitrogen and oxygen atoms in total. The largest absolute Gasteiger partial charge is 0.490 e.